The molecule has 1 aromatic heterocycles. The van der Waals surface area contributed by atoms with Crippen molar-refractivity contribution in [2.24, 2.45) is 17.8 Å². The van der Waals surface area contributed by atoms with Crippen molar-refractivity contribution in [1.82, 2.24) is 25.5 Å². The molecule has 4 bridgehead atoms. The van der Waals surface area contributed by atoms with E-state index in [0.29, 0.717) is 23.6 Å². The molecule has 1 aromatic carbocycles. The molecule has 8 heteroatoms. The topological polar surface area (TPSA) is 55.6 Å². The van der Waals surface area contributed by atoms with E-state index < -0.39 is 29.0 Å². The molecular weight excluding hydrogens is 391 g/mol. The first-order valence-electron chi connectivity index (χ1n) is 10.8. The third-order valence-electron chi connectivity index (χ3n) is 7.21. The zero-order chi connectivity index (χ0) is 21.3. The number of halogens is 3. The summed E-state index contributed by atoms with van der Waals surface area (Å²) in [7, 11) is 0. The van der Waals surface area contributed by atoms with Gasteiger partial charge in [-0.25, -0.2) is 17.9 Å². The molecule has 4 fully saturated rings. The van der Waals surface area contributed by atoms with Gasteiger partial charge in [0.2, 0.25) is 0 Å². The third kappa shape index (κ3) is 3.33. The van der Waals surface area contributed by atoms with Crippen LogP contribution in [0.4, 0.5) is 13.2 Å². The number of rotatable bonds is 4. The van der Waals surface area contributed by atoms with E-state index in [9.17, 15) is 13.2 Å². The van der Waals surface area contributed by atoms with E-state index in [1.165, 1.54) is 19.3 Å². The van der Waals surface area contributed by atoms with Gasteiger partial charge in [-0.3, -0.25) is 5.32 Å². The molecule has 4 aliphatic carbocycles. The highest BCUT2D eigenvalue weighted by Gasteiger charge is 2.52. The highest BCUT2D eigenvalue weighted by atomic mass is 19.1. The number of hydrogen-bond acceptors (Lipinski definition) is 4. The first kappa shape index (κ1) is 20.0. The second kappa shape index (κ2) is 6.77. The summed E-state index contributed by atoms with van der Waals surface area (Å²) < 4.78 is 45.1. The molecule has 6 rings (SSSR count). The summed E-state index contributed by atoms with van der Waals surface area (Å²) in [6.07, 6.45) is 6.75. The molecule has 30 heavy (non-hydrogen) atoms. The minimum Gasteiger partial charge on any atom is -0.298 e. The van der Waals surface area contributed by atoms with Gasteiger partial charge in [0, 0.05) is 23.2 Å². The van der Waals surface area contributed by atoms with E-state index in [-0.39, 0.29) is 11.1 Å². The normalized spacial score (nSPS) is 31.3. The maximum Gasteiger partial charge on any atom is 0.173 e. The molecular formula is C22H28F3N5. The zero-order valence-electron chi connectivity index (χ0n) is 17.6. The van der Waals surface area contributed by atoms with Crippen molar-refractivity contribution in [1.29, 1.82) is 0 Å². The molecule has 0 spiro atoms. The maximum atomic E-state index is 14.9. The number of tetrazole rings is 1. The van der Waals surface area contributed by atoms with Crippen molar-refractivity contribution in [2.45, 2.75) is 76.4 Å². The van der Waals surface area contributed by atoms with Crippen LogP contribution < -0.4 is 5.32 Å². The van der Waals surface area contributed by atoms with Crippen LogP contribution in [-0.2, 0) is 5.54 Å². The van der Waals surface area contributed by atoms with Crippen molar-refractivity contribution in [3.63, 3.8) is 0 Å². The fourth-order valence-corrected chi connectivity index (χ4v) is 6.54. The molecule has 162 valence electrons. The summed E-state index contributed by atoms with van der Waals surface area (Å²) in [5, 5.41) is 15.7. The number of benzene rings is 1. The Kier molecular flexibility index (Phi) is 4.51. The van der Waals surface area contributed by atoms with Gasteiger partial charge in [0.25, 0.3) is 0 Å². The van der Waals surface area contributed by atoms with E-state index in [4.69, 9.17) is 0 Å². The molecule has 1 N–H and O–H groups in total. The lowest BCUT2D eigenvalue weighted by atomic mass is 9.53. The Bertz CT molecular complexity index is 906. The van der Waals surface area contributed by atoms with Crippen LogP contribution in [-0.4, -0.2) is 25.7 Å². The lowest BCUT2D eigenvalue weighted by molar-refractivity contribution is -0.0245. The van der Waals surface area contributed by atoms with Crippen molar-refractivity contribution >= 4 is 0 Å². The predicted molar refractivity (Wildman–Crippen MR) is 105 cm³/mol. The minimum absolute atomic E-state index is 0.193. The predicted octanol–water partition coefficient (Wildman–Crippen LogP) is 4.49. The molecule has 1 atom stereocenters. The molecule has 4 saturated carbocycles. The molecule has 0 aliphatic heterocycles. The van der Waals surface area contributed by atoms with E-state index >= 15 is 0 Å². The number of aromatic nitrogens is 4. The summed E-state index contributed by atoms with van der Waals surface area (Å²) in [5.41, 5.74) is -0.887. The van der Waals surface area contributed by atoms with E-state index in [1.807, 2.05) is 20.8 Å². The minimum atomic E-state index is -0.933. The maximum absolute atomic E-state index is 14.9. The van der Waals surface area contributed by atoms with E-state index in [2.05, 4.69) is 20.8 Å². The van der Waals surface area contributed by atoms with Crippen molar-refractivity contribution in [2.75, 3.05) is 0 Å². The van der Waals surface area contributed by atoms with Crippen LogP contribution in [0.15, 0.2) is 12.1 Å². The quantitative estimate of drug-likeness (QED) is 0.793. The molecule has 0 saturated heterocycles. The summed E-state index contributed by atoms with van der Waals surface area (Å²) in [5.74, 6) is -0.445. The van der Waals surface area contributed by atoms with Crippen LogP contribution in [0.5, 0.6) is 0 Å². The van der Waals surface area contributed by atoms with Crippen molar-refractivity contribution < 1.29 is 13.2 Å². The Balaban J connectivity index is 1.61. The second-order valence-corrected chi connectivity index (χ2v) is 10.7. The van der Waals surface area contributed by atoms with Crippen LogP contribution in [0, 0.1) is 35.2 Å². The van der Waals surface area contributed by atoms with Crippen LogP contribution in [0.1, 0.15) is 76.7 Å². The highest BCUT2D eigenvalue weighted by Crippen LogP contribution is 2.56. The Morgan fingerprint density at radius 2 is 1.53 bits per heavy atom. The summed E-state index contributed by atoms with van der Waals surface area (Å²) >= 11 is 0. The average molecular weight is 419 g/mol. The van der Waals surface area contributed by atoms with E-state index in [0.717, 1.165) is 31.4 Å². The molecule has 4 aliphatic rings. The summed E-state index contributed by atoms with van der Waals surface area (Å²) in [4.78, 5) is 0. The summed E-state index contributed by atoms with van der Waals surface area (Å²) in [6.45, 7) is 5.81. The van der Waals surface area contributed by atoms with Crippen LogP contribution >= 0.6 is 0 Å². The van der Waals surface area contributed by atoms with Crippen LogP contribution in [0.25, 0.3) is 0 Å². The van der Waals surface area contributed by atoms with Crippen LogP contribution in [0.2, 0.25) is 0 Å². The molecule has 0 amide bonds. The highest BCUT2D eigenvalue weighted by molar-refractivity contribution is 5.30. The lowest BCUT2D eigenvalue weighted by Crippen LogP contribution is -2.59. The van der Waals surface area contributed by atoms with Gasteiger partial charge in [-0.15, -0.1) is 5.10 Å². The largest absolute Gasteiger partial charge is 0.298 e. The van der Waals surface area contributed by atoms with Crippen molar-refractivity contribution in [3.05, 3.63) is 41.0 Å². The molecule has 0 radical (unpaired) electrons. The summed E-state index contributed by atoms with van der Waals surface area (Å²) in [6, 6.07) is 0.576. The second-order valence-electron chi connectivity index (χ2n) is 10.7. The molecule has 1 heterocycles. The van der Waals surface area contributed by atoms with Gasteiger partial charge in [0.05, 0.1) is 5.54 Å². The van der Waals surface area contributed by atoms with Gasteiger partial charge in [0.15, 0.2) is 5.82 Å². The SMILES string of the molecule is CC(C)(C)n1nnnc1C(NC12CC3CC(CC(C3)C1)C2)c1c(F)cc(F)cc1F. The zero-order valence-corrected chi connectivity index (χ0v) is 17.6. The number of nitrogens with one attached hydrogen (secondary N) is 1. The van der Waals surface area contributed by atoms with Crippen LogP contribution in [0.3, 0.4) is 0 Å². The molecule has 2 aromatic rings. The fourth-order valence-electron chi connectivity index (χ4n) is 6.54. The van der Waals surface area contributed by atoms with Gasteiger partial charge in [0.1, 0.15) is 23.5 Å². The Labute approximate surface area is 174 Å². The Hall–Kier alpha value is -1.96. The Morgan fingerprint density at radius 3 is 2.03 bits per heavy atom. The van der Waals surface area contributed by atoms with Gasteiger partial charge in [-0.2, -0.15) is 0 Å². The lowest BCUT2D eigenvalue weighted by Gasteiger charge is -2.58. The third-order valence-corrected chi connectivity index (χ3v) is 7.21. The van der Waals surface area contributed by atoms with Crippen molar-refractivity contribution in [3.8, 4) is 0 Å². The average Bonchev–Trinajstić information content (AvgIpc) is 3.08. The molecule has 5 nitrogen and oxygen atoms in total. The Morgan fingerprint density at radius 1 is 1.00 bits per heavy atom. The smallest absolute Gasteiger partial charge is 0.173 e. The monoisotopic (exact) mass is 419 g/mol. The number of nitrogens with zero attached hydrogens (tertiary/aromatic N) is 4. The van der Waals surface area contributed by atoms with Gasteiger partial charge < -0.3 is 0 Å². The van der Waals surface area contributed by atoms with Gasteiger partial charge in [-0.05, 0) is 87.5 Å². The first-order chi connectivity index (χ1) is 14.1. The van der Waals surface area contributed by atoms with Gasteiger partial charge >= 0.3 is 0 Å². The molecule has 1 unspecified atom stereocenters. The fraction of sp³-hybridized carbons (Fsp3) is 0.682. The number of hydrogen-bond donors (Lipinski definition) is 1. The standard InChI is InChI=1S/C22H28F3N5/c1-21(2,3)30-20(27-28-29-30)19(18-16(24)7-15(23)8-17(18)25)26-22-9-12-4-13(10-22)6-14(5-12)11-22/h7-8,12-14,19,26H,4-6,9-11H2,1-3H3. The van der Waals surface area contributed by atoms with Gasteiger partial charge in [-0.1, -0.05) is 0 Å². The first-order valence-corrected chi connectivity index (χ1v) is 10.8. The van der Waals surface area contributed by atoms with E-state index in [1.54, 1.807) is 4.68 Å².